The van der Waals surface area contributed by atoms with Gasteiger partial charge in [0.25, 0.3) is 0 Å². The number of alkyl halides is 1. The highest BCUT2D eigenvalue weighted by Gasteiger charge is 2.15. The lowest BCUT2D eigenvalue weighted by atomic mass is 10.1. The fourth-order valence-electron chi connectivity index (χ4n) is 1.50. The van der Waals surface area contributed by atoms with Crippen LogP contribution >= 0.6 is 11.6 Å². The smallest absolute Gasteiger partial charge is 0.217 e. The van der Waals surface area contributed by atoms with Gasteiger partial charge >= 0.3 is 0 Å². The fourth-order valence-corrected chi connectivity index (χ4v) is 1.81. The van der Waals surface area contributed by atoms with Crippen LogP contribution < -0.4 is 4.74 Å². The van der Waals surface area contributed by atoms with Gasteiger partial charge in [0.05, 0.1) is 12.5 Å². The largest absolute Gasteiger partial charge is 0.481 e. The molecule has 1 atom stereocenters. The lowest BCUT2D eigenvalue weighted by Crippen LogP contribution is -2.01. The van der Waals surface area contributed by atoms with E-state index in [2.05, 4.69) is 15.0 Å². The number of rotatable bonds is 4. The Morgan fingerprint density at radius 1 is 1.44 bits per heavy atom. The van der Waals surface area contributed by atoms with Crippen molar-refractivity contribution in [3.8, 4) is 5.88 Å². The molecule has 2 rings (SSSR count). The minimum absolute atomic E-state index is 0.199. The molecule has 0 aromatic carbocycles. The van der Waals surface area contributed by atoms with Crippen molar-refractivity contribution in [3.05, 3.63) is 42.1 Å². The van der Waals surface area contributed by atoms with Crippen molar-refractivity contribution in [3.63, 3.8) is 0 Å². The Kier molecular flexibility index (Phi) is 3.41. The fraction of sp³-hybridized carbons (Fsp3) is 0.273. The molecule has 2 aromatic rings. The summed E-state index contributed by atoms with van der Waals surface area (Å²) in [6.45, 7) is 0. The van der Waals surface area contributed by atoms with E-state index < -0.39 is 0 Å². The highest BCUT2D eigenvalue weighted by Crippen LogP contribution is 2.29. The average molecular weight is 238 g/mol. The van der Waals surface area contributed by atoms with Gasteiger partial charge in [-0.25, -0.2) is 9.97 Å². The van der Waals surface area contributed by atoms with Crippen molar-refractivity contribution >= 4 is 11.6 Å². The number of imidazole rings is 1. The van der Waals surface area contributed by atoms with Crippen LogP contribution in [0.2, 0.25) is 0 Å². The Morgan fingerprint density at radius 2 is 2.31 bits per heavy atom. The van der Waals surface area contributed by atoms with Crippen LogP contribution in [0.1, 0.15) is 16.8 Å². The number of H-pyrrole nitrogens is 1. The van der Waals surface area contributed by atoms with E-state index in [-0.39, 0.29) is 5.38 Å². The number of nitrogens with zero attached hydrogens (tertiary/aromatic N) is 2. The monoisotopic (exact) mass is 237 g/mol. The summed E-state index contributed by atoms with van der Waals surface area (Å²) >= 11 is 6.30. The summed E-state index contributed by atoms with van der Waals surface area (Å²) in [5.74, 6) is 1.42. The lowest BCUT2D eigenvalue weighted by molar-refractivity contribution is 0.391. The molecule has 0 aliphatic heterocycles. The molecule has 16 heavy (non-hydrogen) atoms. The minimum Gasteiger partial charge on any atom is -0.481 e. The molecular formula is C11H12ClN3O. The predicted octanol–water partition coefficient (Wildman–Crippen LogP) is 2.34. The first-order valence-electron chi connectivity index (χ1n) is 4.92. The third-order valence-electron chi connectivity index (χ3n) is 2.26. The zero-order chi connectivity index (χ0) is 11.4. The summed E-state index contributed by atoms with van der Waals surface area (Å²) in [5.41, 5.74) is 0.878. The molecule has 0 saturated heterocycles. The highest BCUT2D eigenvalue weighted by atomic mass is 35.5. The lowest BCUT2D eigenvalue weighted by Gasteiger charge is -2.11. The van der Waals surface area contributed by atoms with Gasteiger partial charge in [-0.05, 0) is 6.07 Å². The maximum absolute atomic E-state index is 6.30. The molecule has 5 heteroatoms. The van der Waals surface area contributed by atoms with E-state index in [9.17, 15) is 0 Å². The molecule has 1 N–H and O–H groups in total. The summed E-state index contributed by atoms with van der Waals surface area (Å²) in [6, 6.07) is 3.75. The van der Waals surface area contributed by atoms with E-state index in [0.717, 1.165) is 11.4 Å². The first-order chi connectivity index (χ1) is 7.81. The molecule has 0 amide bonds. The van der Waals surface area contributed by atoms with Crippen LogP contribution in [0.3, 0.4) is 0 Å². The average Bonchev–Trinajstić information content (AvgIpc) is 2.81. The van der Waals surface area contributed by atoms with Gasteiger partial charge in [0.2, 0.25) is 5.88 Å². The van der Waals surface area contributed by atoms with Gasteiger partial charge in [0.15, 0.2) is 0 Å². The van der Waals surface area contributed by atoms with Gasteiger partial charge in [-0.2, -0.15) is 0 Å². The number of aromatic amines is 1. The van der Waals surface area contributed by atoms with Crippen molar-refractivity contribution < 1.29 is 4.74 Å². The molecule has 4 nitrogen and oxygen atoms in total. The Morgan fingerprint density at radius 3 is 3.00 bits per heavy atom. The summed E-state index contributed by atoms with van der Waals surface area (Å²) in [7, 11) is 1.59. The van der Waals surface area contributed by atoms with Gasteiger partial charge in [0, 0.05) is 30.6 Å². The van der Waals surface area contributed by atoms with Crippen molar-refractivity contribution in [2.75, 3.05) is 7.11 Å². The number of methoxy groups -OCH3 is 1. The van der Waals surface area contributed by atoms with E-state index in [1.807, 2.05) is 12.1 Å². The van der Waals surface area contributed by atoms with Crippen molar-refractivity contribution in [1.29, 1.82) is 0 Å². The number of pyridine rings is 1. The Balaban J connectivity index is 2.17. The highest BCUT2D eigenvalue weighted by molar-refractivity contribution is 6.21. The molecule has 0 spiro atoms. The third kappa shape index (κ3) is 2.33. The van der Waals surface area contributed by atoms with Crippen LogP contribution in [0.15, 0.2) is 30.7 Å². The van der Waals surface area contributed by atoms with E-state index in [4.69, 9.17) is 16.3 Å². The zero-order valence-electron chi connectivity index (χ0n) is 8.85. The molecule has 2 aromatic heterocycles. The summed E-state index contributed by atoms with van der Waals surface area (Å²) < 4.78 is 5.16. The van der Waals surface area contributed by atoms with Gasteiger partial charge in [-0.3, -0.25) is 0 Å². The normalized spacial score (nSPS) is 12.4. The first-order valence-corrected chi connectivity index (χ1v) is 5.36. The minimum atomic E-state index is -0.199. The molecule has 2 heterocycles. The van der Waals surface area contributed by atoms with Crippen LogP contribution in [-0.4, -0.2) is 22.1 Å². The Labute approximate surface area is 98.6 Å². The van der Waals surface area contributed by atoms with Crippen molar-refractivity contribution in [2.24, 2.45) is 0 Å². The molecule has 0 aliphatic carbocycles. The Bertz CT molecular complexity index is 444. The SMILES string of the molecule is COc1ncccc1C(Cl)Cc1ncc[nH]1. The topological polar surface area (TPSA) is 50.8 Å². The molecule has 84 valence electrons. The number of aromatic nitrogens is 3. The van der Waals surface area contributed by atoms with Crippen LogP contribution in [0.4, 0.5) is 0 Å². The van der Waals surface area contributed by atoms with Crippen LogP contribution in [0.25, 0.3) is 0 Å². The molecule has 0 fully saturated rings. The molecule has 0 radical (unpaired) electrons. The van der Waals surface area contributed by atoms with E-state index in [1.165, 1.54) is 0 Å². The van der Waals surface area contributed by atoms with Crippen molar-refractivity contribution in [1.82, 2.24) is 15.0 Å². The molecule has 0 saturated carbocycles. The summed E-state index contributed by atoms with van der Waals surface area (Å²) in [4.78, 5) is 11.3. The van der Waals surface area contributed by atoms with Crippen LogP contribution in [0, 0.1) is 0 Å². The standard InChI is InChI=1S/C11H12ClN3O/c1-16-11-8(3-2-4-15-11)9(12)7-10-13-5-6-14-10/h2-6,9H,7H2,1H3,(H,13,14). The van der Waals surface area contributed by atoms with Gasteiger partial charge in [0.1, 0.15) is 5.82 Å². The third-order valence-corrected chi connectivity index (χ3v) is 2.65. The number of nitrogens with one attached hydrogen (secondary N) is 1. The molecule has 0 aliphatic rings. The van der Waals surface area contributed by atoms with E-state index >= 15 is 0 Å². The molecule has 1 unspecified atom stereocenters. The maximum atomic E-state index is 6.30. The number of ether oxygens (including phenoxy) is 1. The number of hydrogen-bond acceptors (Lipinski definition) is 3. The predicted molar refractivity (Wildman–Crippen MR) is 61.7 cm³/mol. The molecular weight excluding hydrogens is 226 g/mol. The van der Waals surface area contributed by atoms with Gasteiger partial charge in [-0.1, -0.05) is 6.07 Å². The van der Waals surface area contributed by atoms with Crippen LogP contribution in [0.5, 0.6) is 5.88 Å². The second-order valence-corrected chi connectivity index (χ2v) is 3.84. The van der Waals surface area contributed by atoms with Gasteiger partial charge in [-0.15, -0.1) is 11.6 Å². The van der Waals surface area contributed by atoms with E-state index in [1.54, 1.807) is 25.7 Å². The second kappa shape index (κ2) is 4.99. The van der Waals surface area contributed by atoms with Crippen molar-refractivity contribution in [2.45, 2.75) is 11.8 Å². The summed E-state index contributed by atoms with van der Waals surface area (Å²) in [5, 5.41) is -0.199. The first kappa shape index (κ1) is 11.0. The van der Waals surface area contributed by atoms with Gasteiger partial charge < -0.3 is 9.72 Å². The Hall–Kier alpha value is -1.55. The van der Waals surface area contributed by atoms with Crippen LogP contribution in [-0.2, 0) is 6.42 Å². The quantitative estimate of drug-likeness (QED) is 0.831. The maximum Gasteiger partial charge on any atom is 0.217 e. The number of halogens is 1. The van der Waals surface area contributed by atoms with E-state index in [0.29, 0.717) is 12.3 Å². The second-order valence-electron chi connectivity index (χ2n) is 3.31. The molecule has 0 bridgehead atoms. The zero-order valence-corrected chi connectivity index (χ0v) is 9.61. The number of hydrogen-bond donors (Lipinski definition) is 1. The summed E-state index contributed by atoms with van der Waals surface area (Å²) in [6.07, 6.45) is 5.79.